The third-order valence-corrected chi connectivity index (χ3v) is 8.71. The van der Waals surface area contributed by atoms with Crippen LogP contribution in [0, 0.1) is 0 Å². The molecule has 2 aliphatic carbocycles. The zero-order valence-corrected chi connectivity index (χ0v) is 26.0. The number of ether oxygens (including phenoxy) is 3. The van der Waals surface area contributed by atoms with Crippen molar-refractivity contribution in [3.63, 3.8) is 0 Å². The Morgan fingerprint density at radius 3 is 1.80 bits per heavy atom. The van der Waals surface area contributed by atoms with Crippen molar-refractivity contribution in [2.24, 2.45) is 0 Å². The minimum atomic E-state index is -1.000. The topological polar surface area (TPSA) is 78.2 Å². The number of carbonyl (C=O) groups is 2. The minimum absolute atomic E-state index is 0.0500. The fourth-order valence-electron chi connectivity index (χ4n) is 6.37. The van der Waals surface area contributed by atoms with Gasteiger partial charge in [-0.15, -0.1) is 0 Å². The first-order valence-corrected chi connectivity index (χ1v) is 17.0. The Morgan fingerprint density at radius 2 is 1.27 bits per heavy atom. The van der Waals surface area contributed by atoms with E-state index in [1.165, 1.54) is 77.0 Å². The predicted octanol–water partition coefficient (Wildman–Crippen LogP) is 9.97. The molecule has 1 unspecified atom stereocenters. The van der Waals surface area contributed by atoms with Gasteiger partial charge in [-0.05, 0) is 38.2 Å². The highest BCUT2D eigenvalue weighted by Crippen LogP contribution is 2.31. The van der Waals surface area contributed by atoms with Gasteiger partial charge in [0.1, 0.15) is 0 Å². The third-order valence-electron chi connectivity index (χ3n) is 8.71. The molecule has 0 bridgehead atoms. The molecular formula is C34H57NO6. The number of amides is 1. The highest BCUT2D eigenvalue weighted by atomic mass is 16.7. The van der Waals surface area contributed by atoms with E-state index in [1.807, 2.05) is 4.90 Å². The van der Waals surface area contributed by atoms with Crippen LogP contribution in [0.5, 0.6) is 5.95 Å². The summed E-state index contributed by atoms with van der Waals surface area (Å²) in [5.41, 5.74) is 0. The van der Waals surface area contributed by atoms with Gasteiger partial charge >= 0.3 is 12.1 Å². The summed E-state index contributed by atoms with van der Waals surface area (Å²) in [6, 6.07) is 3.63. The first-order valence-electron chi connectivity index (χ1n) is 17.0. The first-order chi connectivity index (χ1) is 20.1. The molecule has 2 aliphatic rings. The SMILES string of the molecule is CCCCCCCCCCCCCCOc1ccc(C(=O)OC(C)OC(=O)N(C2CCCCC2)C2CCCCC2)o1. The van der Waals surface area contributed by atoms with E-state index in [9.17, 15) is 9.59 Å². The van der Waals surface area contributed by atoms with Gasteiger partial charge in [-0.3, -0.25) is 0 Å². The number of carbonyl (C=O) groups excluding carboxylic acids is 2. The highest BCUT2D eigenvalue weighted by Gasteiger charge is 2.34. The van der Waals surface area contributed by atoms with Crippen LogP contribution in [-0.2, 0) is 9.47 Å². The molecule has 7 heteroatoms. The molecule has 1 atom stereocenters. The summed E-state index contributed by atoms with van der Waals surface area (Å²) in [4.78, 5) is 27.9. The summed E-state index contributed by atoms with van der Waals surface area (Å²) in [5.74, 6) is -0.299. The van der Waals surface area contributed by atoms with Gasteiger partial charge in [0.05, 0.1) is 6.61 Å². The maximum Gasteiger partial charge on any atom is 0.413 e. The summed E-state index contributed by atoms with van der Waals surface area (Å²) in [6.45, 7) is 4.41. The van der Waals surface area contributed by atoms with Gasteiger partial charge in [-0.1, -0.05) is 116 Å². The summed E-state index contributed by atoms with van der Waals surface area (Å²) in [6.07, 6.45) is 25.3. The maximum absolute atomic E-state index is 13.2. The number of furan rings is 1. The highest BCUT2D eigenvalue weighted by molar-refractivity contribution is 5.86. The molecule has 0 aromatic carbocycles. The molecule has 1 aromatic rings. The van der Waals surface area contributed by atoms with Crippen LogP contribution in [0.1, 0.15) is 166 Å². The molecule has 0 saturated heterocycles. The molecule has 3 rings (SSSR count). The second-order valence-electron chi connectivity index (χ2n) is 12.2. The van der Waals surface area contributed by atoms with E-state index in [-0.39, 0.29) is 23.9 Å². The molecule has 2 fully saturated rings. The van der Waals surface area contributed by atoms with Gasteiger partial charge < -0.3 is 23.5 Å². The van der Waals surface area contributed by atoms with E-state index in [2.05, 4.69) is 6.92 Å². The van der Waals surface area contributed by atoms with Gasteiger partial charge in [0.25, 0.3) is 5.95 Å². The molecule has 0 aliphatic heterocycles. The second kappa shape index (κ2) is 19.9. The Balaban J connectivity index is 1.30. The van der Waals surface area contributed by atoms with Gasteiger partial charge in [-0.2, -0.15) is 0 Å². The van der Waals surface area contributed by atoms with Crippen molar-refractivity contribution in [2.75, 3.05) is 6.61 Å². The molecule has 1 aromatic heterocycles. The van der Waals surface area contributed by atoms with E-state index in [1.54, 1.807) is 19.1 Å². The zero-order valence-electron chi connectivity index (χ0n) is 26.0. The number of hydrogen-bond acceptors (Lipinski definition) is 6. The quantitative estimate of drug-likeness (QED) is 0.0928. The number of unbranched alkanes of at least 4 members (excludes halogenated alkanes) is 11. The lowest BCUT2D eigenvalue weighted by Crippen LogP contribution is -2.49. The standard InChI is InChI=1S/C34H57NO6/c1-3-4-5-6-7-8-9-10-11-12-13-20-27-38-32-26-25-31(41-32)33(36)39-28(2)40-34(37)35(29-21-16-14-17-22-29)30-23-18-15-19-24-30/h25-26,28-30H,3-24,27H2,1-2H3. The van der Waals surface area contributed by atoms with Gasteiger partial charge in [0.2, 0.25) is 12.1 Å². The average Bonchev–Trinajstić information content (AvgIpc) is 3.46. The first kappa shape index (κ1) is 33.3. The third kappa shape index (κ3) is 12.7. The van der Waals surface area contributed by atoms with Crippen LogP contribution in [0.15, 0.2) is 16.5 Å². The summed E-state index contributed by atoms with van der Waals surface area (Å²) in [7, 11) is 0. The van der Waals surface area contributed by atoms with Crippen molar-refractivity contribution in [1.82, 2.24) is 4.90 Å². The van der Waals surface area contributed by atoms with Gasteiger partial charge in [0, 0.05) is 25.1 Å². The van der Waals surface area contributed by atoms with E-state index in [0.717, 1.165) is 64.2 Å². The summed E-state index contributed by atoms with van der Waals surface area (Å²) in [5, 5.41) is 0. The van der Waals surface area contributed by atoms with Crippen LogP contribution < -0.4 is 4.74 Å². The molecule has 1 amide bonds. The maximum atomic E-state index is 13.2. The number of nitrogens with zero attached hydrogens (tertiary/aromatic N) is 1. The lowest BCUT2D eigenvalue weighted by atomic mass is 9.89. The number of rotatable bonds is 19. The lowest BCUT2D eigenvalue weighted by Gasteiger charge is -2.41. The van der Waals surface area contributed by atoms with Crippen LogP contribution in [0.3, 0.4) is 0 Å². The normalized spacial score (nSPS) is 17.2. The van der Waals surface area contributed by atoms with Crippen molar-refractivity contribution in [3.05, 3.63) is 17.9 Å². The van der Waals surface area contributed by atoms with E-state index in [4.69, 9.17) is 18.6 Å². The fraction of sp³-hybridized carbons (Fsp3) is 0.824. The predicted molar refractivity (Wildman–Crippen MR) is 162 cm³/mol. The van der Waals surface area contributed by atoms with Crippen molar-refractivity contribution in [3.8, 4) is 5.95 Å². The Kier molecular flexibility index (Phi) is 16.1. The molecule has 7 nitrogen and oxygen atoms in total. The summed E-state index contributed by atoms with van der Waals surface area (Å²) >= 11 is 0. The van der Waals surface area contributed by atoms with Gasteiger partial charge in [0.15, 0.2) is 0 Å². The minimum Gasteiger partial charge on any atom is -0.465 e. The second-order valence-corrected chi connectivity index (χ2v) is 12.2. The van der Waals surface area contributed by atoms with Crippen molar-refractivity contribution >= 4 is 12.1 Å². The smallest absolute Gasteiger partial charge is 0.413 e. The number of esters is 1. The van der Waals surface area contributed by atoms with Crippen LogP contribution in [0.2, 0.25) is 0 Å². The van der Waals surface area contributed by atoms with E-state index >= 15 is 0 Å². The number of hydrogen-bond donors (Lipinski definition) is 0. The molecule has 1 heterocycles. The Labute approximate surface area is 249 Å². The van der Waals surface area contributed by atoms with E-state index < -0.39 is 12.3 Å². The zero-order chi connectivity index (χ0) is 29.1. The Hall–Kier alpha value is -2.18. The van der Waals surface area contributed by atoms with E-state index in [0.29, 0.717) is 12.6 Å². The van der Waals surface area contributed by atoms with Crippen LogP contribution in [-0.4, -0.2) is 41.9 Å². The average molecular weight is 576 g/mol. The molecular weight excluding hydrogens is 518 g/mol. The molecule has 0 N–H and O–H groups in total. The molecule has 0 radical (unpaired) electrons. The monoisotopic (exact) mass is 575 g/mol. The molecule has 0 spiro atoms. The summed E-state index contributed by atoms with van der Waals surface area (Å²) < 4.78 is 22.3. The fourth-order valence-corrected chi connectivity index (χ4v) is 6.37. The molecule has 234 valence electrons. The largest absolute Gasteiger partial charge is 0.465 e. The van der Waals surface area contributed by atoms with Crippen LogP contribution >= 0.6 is 0 Å². The lowest BCUT2D eigenvalue weighted by molar-refractivity contribution is -0.0791. The molecule has 2 saturated carbocycles. The molecule has 41 heavy (non-hydrogen) atoms. The van der Waals surface area contributed by atoms with Gasteiger partial charge in [-0.25, -0.2) is 9.59 Å². The Bertz CT molecular complexity index is 824. The van der Waals surface area contributed by atoms with Crippen molar-refractivity contribution in [1.29, 1.82) is 0 Å². The Morgan fingerprint density at radius 1 is 0.756 bits per heavy atom. The van der Waals surface area contributed by atoms with Crippen LogP contribution in [0.4, 0.5) is 4.79 Å². The van der Waals surface area contributed by atoms with Crippen molar-refractivity contribution in [2.45, 2.75) is 173 Å². The van der Waals surface area contributed by atoms with Crippen LogP contribution in [0.25, 0.3) is 0 Å². The van der Waals surface area contributed by atoms with Crippen molar-refractivity contribution < 1.29 is 28.2 Å².